The Kier molecular flexibility index (Phi) is 3.53. The lowest BCUT2D eigenvalue weighted by Gasteiger charge is -1.99. The van der Waals surface area contributed by atoms with Crippen LogP contribution in [0.2, 0.25) is 0 Å². The molecule has 0 N–H and O–H groups in total. The highest BCUT2D eigenvalue weighted by atomic mass is 32.2. The Morgan fingerprint density at radius 2 is 2.12 bits per heavy atom. The first-order valence-corrected chi connectivity index (χ1v) is 6.19. The van der Waals surface area contributed by atoms with Crippen LogP contribution < -0.4 is 0 Å². The molecule has 2 aromatic rings. The molecule has 0 aliphatic carbocycles. The van der Waals surface area contributed by atoms with E-state index in [-0.39, 0.29) is 5.82 Å². The van der Waals surface area contributed by atoms with Gasteiger partial charge >= 0.3 is 0 Å². The first-order valence-electron chi connectivity index (χ1n) is 4.97. The second-order valence-electron chi connectivity index (χ2n) is 3.31. The highest BCUT2D eigenvalue weighted by Crippen LogP contribution is 2.13. The molecule has 1 aromatic heterocycles. The third kappa shape index (κ3) is 2.52. The quantitative estimate of drug-likeness (QED) is 0.620. The standard InChI is InChI=1S/C11H11FN4S/c1-8-14-15-11(17-2)16(8)13-7-9-5-3-4-6-10(9)12/h3-7H,1-2H3/b13-7-. The van der Waals surface area contributed by atoms with Gasteiger partial charge in [0.05, 0.1) is 6.21 Å². The van der Waals surface area contributed by atoms with Gasteiger partial charge in [-0.3, -0.25) is 0 Å². The smallest absolute Gasteiger partial charge is 0.206 e. The number of aryl methyl sites for hydroxylation is 1. The Morgan fingerprint density at radius 3 is 2.82 bits per heavy atom. The maximum absolute atomic E-state index is 13.4. The number of benzene rings is 1. The van der Waals surface area contributed by atoms with E-state index >= 15 is 0 Å². The SMILES string of the molecule is CSc1nnc(C)n1/N=C\c1ccccc1F. The van der Waals surface area contributed by atoms with Crippen LogP contribution in [0.1, 0.15) is 11.4 Å². The summed E-state index contributed by atoms with van der Waals surface area (Å²) in [5.41, 5.74) is 0.438. The number of halogens is 1. The zero-order valence-corrected chi connectivity index (χ0v) is 10.3. The highest BCUT2D eigenvalue weighted by Gasteiger charge is 2.05. The number of rotatable bonds is 3. The van der Waals surface area contributed by atoms with Gasteiger partial charge in [0.15, 0.2) is 5.82 Å². The van der Waals surface area contributed by atoms with E-state index in [4.69, 9.17) is 0 Å². The van der Waals surface area contributed by atoms with Crippen molar-refractivity contribution in [2.75, 3.05) is 6.26 Å². The lowest BCUT2D eigenvalue weighted by Crippen LogP contribution is -1.96. The molecule has 0 atom stereocenters. The molecule has 0 bridgehead atoms. The van der Waals surface area contributed by atoms with Gasteiger partial charge in [-0.05, 0) is 19.2 Å². The largest absolute Gasteiger partial charge is 0.211 e. The van der Waals surface area contributed by atoms with Crippen LogP contribution in [0, 0.1) is 12.7 Å². The van der Waals surface area contributed by atoms with E-state index in [1.165, 1.54) is 24.0 Å². The van der Waals surface area contributed by atoms with Crippen LogP contribution in [0.15, 0.2) is 34.5 Å². The fourth-order valence-corrected chi connectivity index (χ4v) is 1.77. The Hall–Kier alpha value is -1.69. The lowest BCUT2D eigenvalue weighted by atomic mass is 10.2. The predicted octanol–water partition coefficient (Wildman–Crippen LogP) is 2.33. The number of nitrogens with zero attached hydrogens (tertiary/aromatic N) is 4. The molecular weight excluding hydrogens is 239 g/mol. The zero-order chi connectivity index (χ0) is 12.3. The Morgan fingerprint density at radius 1 is 1.35 bits per heavy atom. The fourth-order valence-electron chi connectivity index (χ4n) is 1.30. The average molecular weight is 250 g/mol. The topological polar surface area (TPSA) is 43.1 Å². The minimum atomic E-state index is -0.298. The van der Waals surface area contributed by atoms with Crippen molar-refractivity contribution >= 4 is 18.0 Å². The number of aromatic nitrogens is 3. The van der Waals surface area contributed by atoms with Crippen molar-refractivity contribution in [3.05, 3.63) is 41.5 Å². The van der Waals surface area contributed by atoms with Gasteiger partial charge in [0.2, 0.25) is 5.16 Å². The summed E-state index contributed by atoms with van der Waals surface area (Å²) in [7, 11) is 0. The fraction of sp³-hybridized carbons (Fsp3) is 0.182. The minimum Gasteiger partial charge on any atom is -0.206 e. The van der Waals surface area contributed by atoms with Gasteiger partial charge in [-0.15, -0.1) is 10.2 Å². The van der Waals surface area contributed by atoms with Crippen LogP contribution in [-0.4, -0.2) is 27.3 Å². The molecule has 0 saturated carbocycles. The van der Waals surface area contributed by atoms with E-state index in [1.807, 2.05) is 6.26 Å². The van der Waals surface area contributed by atoms with E-state index in [0.717, 1.165) is 0 Å². The van der Waals surface area contributed by atoms with Crippen molar-refractivity contribution in [2.45, 2.75) is 12.1 Å². The van der Waals surface area contributed by atoms with Crippen LogP contribution in [0.3, 0.4) is 0 Å². The maximum atomic E-state index is 13.4. The Bertz CT molecular complexity index is 550. The molecule has 17 heavy (non-hydrogen) atoms. The summed E-state index contributed by atoms with van der Waals surface area (Å²) in [6.45, 7) is 1.80. The van der Waals surface area contributed by atoms with Crippen LogP contribution in [0.25, 0.3) is 0 Å². The molecule has 0 saturated heterocycles. The summed E-state index contributed by atoms with van der Waals surface area (Å²) in [5, 5.41) is 12.7. The normalized spacial score (nSPS) is 11.2. The van der Waals surface area contributed by atoms with Crippen molar-refractivity contribution in [1.82, 2.24) is 14.9 Å². The maximum Gasteiger partial charge on any atom is 0.211 e. The third-order valence-electron chi connectivity index (χ3n) is 2.17. The van der Waals surface area contributed by atoms with Gasteiger partial charge in [-0.2, -0.15) is 9.78 Å². The number of hydrogen-bond donors (Lipinski definition) is 0. The average Bonchev–Trinajstić information content (AvgIpc) is 2.69. The molecule has 0 spiro atoms. The van der Waals surface area contributed by atoms with Crippen LogP contribution in [0.4, 0.5) is 4.39 Å². The molecule has 1 heterocycles. The first kappa shape index (κ1) is 11.8. The molecule has 4 nitrogen and oxygen atoms in total. The van der Waals surface area contributed by atoms with Gasteiger partial charge in [0.25, 0.3) is 0 Å². The van der Waals surface area contributed by atoms with Gasteiger partial charge in [0.1, 0.15) is 5.82 Å². The van der Waals surface area contributed by atoms with E-state index < -0.39 is 0 Å². The van der Waals surface area contributed by atoms with E-state index in [9.17, 15) is 4.39 Å². The molecule has 0 fully saturated rings. The van der Waals surface area contributed by atoms with Crippen molar-refractivity contribution in [1.29, 1.82) is 0 Å². The summed E-state index contributed by atoms with van der Waals surface area (Å²) in [6, 6.07) is 6.47. The number of hydrogen-bond acceptors (Lipinski definition) is 4. The summed E-state index contributed by atoms with van der Waals surface area (Å²) in [5.74, 6) is 0.370. The molecule has 2 rings (SSSR count). The first-order chi connectivity index (χ1) is 8.22. The molecule has 6 heteroatoms. The zero-order valence-electron chi connectivity index (χ0n) is 9.46. The Balaban J connectivity index is 2.32. The van der Waals surface area contributed by atoms with Crippen molar-refractivity contribution < 1.29 is 4.39 Å². The van der Waals surface area contributed by atoms with Crippen LogP contribution in [0.5, 0.6) is 0 Å². The molecule has 0 aliphatic heterocycles. The van der Waals surface area contributed by atoms with Crippen LogP contribution in [-0.2, 0) is 0 Å². The van der Waals surface area contributed by atoms with Gasteiger partial charge in [0, 0.05) is 5.56 Å². The van der Waals surface area contributed by atoms with Gasteiger partial charge in [-0.1, -0.05) is 30.0 Å². The van der Waals surface area contributed by atoms with Crippen LogP contribution >= 0.6 is 11.8 Å². The van der Waals surface area contributed by atoms with Crippen molar-refractivity contribution in [2.24, 2.45) is 5.10 Å². The van der Waals surface area contributed by atoms with Crippen molar-refractivity contribution in [3.8, 4) is 0 Å². The summed E-state index contributed by atoms with van der Waals surface area (Å²) < 4.78 is 14.9. The third-order valence-corrected chi connectivity index (χ3v) is 2.79. The highest BCUT2D eigenvalue weighted by molar-refractivity contribution is 7.98. The second kappa shape index (κ2) is 5.09. The summed E-state index contributed by atoms with van der Waals surface area (Å²) in [4.78, 5) is 0. The second-order valence-corrected chi connectivity index (χ2v) is 4.09. The molecule has 0 radical (unpaired) electrons. The monoisotopic (exact) mass is 250 g/mol. The lowest BCUT2D eigenvalue weighted by molar-refractivity contribution is 0.625. The van der Waals surface area contributed by atoms with Gasteiger partial charge < -0.3 is 0 Å². The summed E-state index contributed by atoms with van der Waals surface area (Å²) >= 11 is 1.44. The van der Waals surface area contributed by atoms with E-state index in [1.54, 1.807) is 29.8 Å². The minimum absolute atomic E-state index is 0.298. The van der Waals surface area contributed by atoms with E-state index in [0.29, 0.717) is 16.5 Å². The Labute approximate surface area is 103 Å². The molecule has 88 valence electrons. The van der Waals surface area contributed by atoms with Gasteiger partial charge in [-0.25, -0.2) is 4.39 Å². The number of thioether (sulfide) groups is 1. The predicted molar refractivity (Wildman–Crippen MR) is 65.9 cm³/mol. The molecular formula is C11H11FN4S. The molecule has 1 aromatic carbocycles. The van der Waals surface area contributed by atoms with E-state index in [2.05, 4.69) is 15.3 Å². The summed E-state index contributed by atoms with van der Waals surface area (Å²) in [6.07, 6.45) is 3.35. The molecule has 0 aliphatic rings. The molecule has 0 amide bonds. The molecule has 0 unspecified atom stereocenters. The van der Waals surface area contributed by atoms with Crippen molar-refractivity contribution in [3.63, 3.8) is 0 Å².